The van der Waals surface area contributed by atoms with E-state index in [1.807, 2.05) is 30.3 Å². The van der Waals surface area contributed by atoms with Crippen LogP contribution in [0.15, 0.2) is 34.2 Å². The van der Waals surface area contributed by atoms with Crippen LogP contribution in [0, 0.1) is 5.92 Å². The number of benzene rings is 1. The van der Waals surface area contributed by atoms with Crippen molar-refractivity contribution in [3.63, 3.8) is 0 Å². The number of thioether (sulfide) groups is 1. The molecule has 5 heteroatoms. The van der Waals surface area contributed by atoms with Crippen LogP contribution >= 0.6 is 23.4 Å². The fourth-order valence-electron chi connectivity index (χ4n) is 2.61. The van der Waals surface area contributed by atoms with Gasteiger partial charge in [0, 0.05) is 18.1 Å². The molecule has 1 saturated heterocycles. The summed E-state index contributed by atoms with van der Waals surface area (Å²) in [6, 6.07) is 7.46. The van der Waals surface area contributed by atoms with E-state index in [0.717, 1.165) is 23.8 Å². The van der Waals surface area contributed by atoms with Gasteiger partial charge in [0.1, 0.15) is 0 Å². The van der Waals surface area contributed by atoms with Gasteiger partial charge in [-0.25, -0.2) is 0 Å². The van der Waals surface area contributed by atoms with Gasteiger partial charge in [-0.1, -0.05) is 30.7 Å². The van der Waals surface area contributed by atoms with Gasteiger partial charge in [-0.2, -0.15) is 4.99 Å². The third-order valence-corrected chi connectivity index (χ3v) is 5.00. The molecule has 0 bridgehead atoms. The molecule has 110 valence electrons. The fraction of sp³-hybridized carbons (Fsp3) is 0.375. The Bertz CT molecular complexity index is 609. The van der Waals surface area contributed by atoms with Crippen LogP contribution in [0.2, 0.25) is 5.02 Å². The molecule has 21 heavy (non-hydrogen) atoms. The van der Waals surface area contributed by atoms with E-state index in [1.165, 1.54) is 24.6 Å². The molecule has 0 saturated carbocycles. The molecule has 3 rings (SSSR count). The lowest BCUT2D eigenvalue weighted by atomic mass is 10.0. The molecule has 1 aromatic rings. The average molecular weight is 321 g/mol. The normalized spacial score (nSPS) is 24.6. The molecule has 2 aliphatic heterocycles. The largest absolute Gasteiger partial charge is 0.351 e. The van der Waals surface area contributed by atoms with Gasteiger partial charge in [-0.05, 0) is 54.3 Å². The van der Waals surface area contributed by atoms with E-state index in [-0.39, 0.29) is 5.91 Å². The summed E-state index contributed by atoms with van der Waals surface area (Å²) in [6.07, 6.45) is 4.31. The molecular weight excluding hydrogens is 304 g/mol. The third-order valence-electron chi connectivity index (χ3n) is 3.70. The van der Waals surface area contributed by atoms with Crippen molar-refractivity contribution in [3.8, 4) is 0 Å². The molecule has 1 amide bonds. The Labute approximate surface area is 134 Å². The van der Waals surface area contributed by atoms with Crippen LogP contribution in [0.1, 0.15) is 25.3 Å². The zero-order chi connectivity index (χ0) is 14.8. The van der Waals surface area contributed by atoms with E-state index in [1.54, 1.807) is 0 Å². The molecule has 0 N–H and O–H groups in total. The first kappa shape index (κ1) is 14.7. The SMILES string of the molecule is CC1CCCN(C2=NC(=O)/C(=C\c3ccc(Cl)cc3)S2)C1. The highest BCUT2D eigenvalue weighted by molar-refractivity contribution is 8.18. The summed E-state index contributed by atoms with van der Waals surface area (Å²) in [7, 11) is 0. The number of likely N-dealkylation sites (tertiary alicyclic amines) is 1. The predicted octanol–water partition coefficient (Wildman–Crippen LogP) is 4.04. The first-order chi connectivity index (χ1) is 10.1. The van der Waals surface area contributed by atoms with Crippen molar-refractivity contribution in [3.05, 3.63) is 39.8 Å². The van der Waals surface area contributed by atoms with Crippen LogP contribution in [0.25, 0.3) is 6.08 Å². The van der Waals surface area contributed by atoms with Gasteiger partial charge < -0.3 is 4.90 Å². The average Bonchev–Trinajstić information content (AvgIpc) is 2.83. The van der Waals surface area contributed by atoms with Crippen molar-refractivity contribution >= 4 is 40.5 Å². The van der Waals surface area contributed by atoms with E-state index < -0.39 is 0 Å². The topological polar surface area (TPSA) is 32.7 Å². The van der Waals surface area contributed by atoms with Crippen LogP contribution in [-0.4, -0.2) is 29.1 Å². The second-order valence-corrected chi connectivity index (χ2v) is 7.00. The minimum atomic E-state index is -0.136. The second kappa shape index (κ2) is 6.24. The highest BCUT2D eigenvalue weighted by Crippen LogP contribution is 2.32. The lowest BCUT2D eigenvalue weighted by molar-refractivity contribution is -0.113. The van der Waals surface area contributed by atoms with Crippen LogP contribution in [0.5, 0.6) is 0 Å². The van der Waals surface area contributed by atoms with Gasteiger partial charge >= 0.3 is 0 Å². The zero-order valence-electron chi connectivity index (χ0n) is 11.9. The van der Waals surface area contributed by atoms with Gasteiger partial charge in [-0.3, -0.25) is 4.79 Å². The van der Waals surface area contributed by atoms with E-state index in [9.17, 15) is 4.79 Å². The number of carbonyl (C=O) groups excluding carboxylic acids is 1. The minimum absolute atomic E-state index is 0.136. The number of hydrogen-bond donors (Lipinski definition) is 0. The van der Waals surface area contributed by atoms with E-state index in [2.05, 4.69) is 16.8 Å². The monoisotopic (exact) mass is 320 g/mol. The summed E-state index contributed by atoms with van der Waals surface area (Å²) in [5, 5.41) is 1.55. The Hall–Kier alpha value is -1.26. The van der Waals surface area contributed by atoms with E-state index >= 15 is 0 Å². The van der Waals surface area contributed by atoms with E-state index in [0.29, 0.717) is 15.8 Å². The summed E-state index contributed by atoms with van der Waals surface area (Å²) < 4.78 is 0. The number of amidine groups is 1. The van der Waals surface area contributed by atoms with Crippen molar-refractivity contribution in [2.75, 3.05) is 13.1 Å². The molecule has 0 spiro atoms. The molecule has 1 aromatic carbocycles. The Morgan fingerprint density at radius 3 is 2.86 bits per heavy atom. The Morgan fingerprint density at radius 1 is 1.38 bits per heavy atom. The lowest BCUT2D eigenvalue weighted by Gasteiger charge is -2.31. The summed E-state index contributed by atoms with van der Waals surface area (Å²) in [5.41, 5.74) is 0.971. The number of halogens is 1. The van der Waals surface area contributed by atoms with E-state index in [4.69, 9.17) is 11.6 Å². The van der Waals surface area contributed by atoms with Crippen LogP contribution in [0.4, 0.5) is 0 Å². The molecule has 3 nitrogen and oxygen atoms in total. The molecule has 2 heterocycles. The molecule has 0 aliphatic carbocycles. The lowest BCUT2D eigenvalue weighted by Crippen LogP contribution is -2.37. The molecule has 1 unspecified atom stereocenters. The smallest absolute Gasteiger partial charge is 0.286 e. The van der Waals surface area contributed by atoms with Crippen molar-refractivity contribution < 1.29 is 4.79 Å². The summed E-state index contributed by atoms with van der Waals surface area (Å²) >= 11 is 7.35. The first-order valence-electron chi connectivity index (χ1n) is 7.15. The zero-order valence-corrected chi connectivity index (χ0v) is 13.5. The third kappa shape index (κ3) is 3.50. The number of piperidine rings is 1. The maximum Gasteiger partial charge on any atom is 0.286 e. The molecule has 0 aromatic heterocycles. The molecule has 2 aliphatic rings. The van der Waals surface area contributed by atoms with Crippen molar-refractivity contribution in [2.45, 2.75) is 19.8 Å². The summed E-state index contributed by atoms with van der Waals surface area (Å²) in [6.45, 7) is 4.24. The molecule has 0 radical (unpaired) electrons. The number of nitrogens with zero attached hydrogens (tertiary/aromatic N) is 2. The van der Waals surface area contributed by atoms with Crippen LogP contribution < -0.4 is 0 Å². The van der Waals surface area contributed by atoms with Gasteiger partial charge in [0.25, 0.3) is 5.91 Å². The molecule has 1 fully saturated rings. The van der Waals surface area contributed by atoms with Crippen molar-refractivity contribution in [2.24, 2.45) is 10.9 Å². The van der Waals surface area contributed by atoms with Crippen molar-refractivity contribution in [1.82, 2.24) is 4.90 Å². The van der Waals surface area contributed by atoms with Gasteiger partial charge in [0.05, 0.1) is 4.91 Å². The predicted molar refractivity (Wildman–Crippen MR) is 89.4 cm³/mol. The van der Waals surface area contributed by atoms with Crippen LogP contribution in [0.3, 0.4) is 0 Å². The number of hydrogen-bond acceptors (Lipinski definition) is 3. The summed E-state index contributed by atoms with van der Waals surface area (Å²) in [4.78, 5) is 19.2. The summed E-state index contributed by atoms with van der Waals surface area (Å²) in [5.74, 6) is 0.532. The fourth-order valence-corrected chi connectivity index (χ4v) is 3.68. The molecule has 1 atom stereocenters. The Kier molecular flexibility index (Phi) is 4.36. The highest BCUT2D eigenvalue weighted by atomic mass is 35.5. The van der Waals surface area contributed by atoms with Gasteiger partial charge in [0.2, 0.25) is 0 Å². The number of aliphatic imine (C=N–C) groups is 1. The van der Waals surface area contributed by atoms with Crippen molar-refractivity contribution in [1.29, 1.82) is 0 Å². The Balaban J connectivity index is 1.73. The number of amides is 1. The Morgan fingerprint density at radius 2 is 2.14 bits per heavy atom. The quantitative estimate of drug-likeness (QED) is 0.732. The minimum Gasteiger partial charge on any atom is -0.351 e. The van der Waals surface area contributed by atoms with Crippen LogP contribution in [-0.2, 0) is 4.79 Å². The number of rotatable bonds is 1. The highest BCUT2D eigenvalue weighted by Gasteiger charge is 2.28. The maximum absolute atomic E-state index is 12.1. The van der Waals surface area contributed by atoms with Gasteiger partial charge in [-0.15, -0.1) is 0 Å². The second-order valence-electron chi connectivity index (χ2n) is 5.56. The first-order valence-corrected chi connectivity index (χ1v) is 8.34. The molecular formula is C16H17ClN2OS. The standard InChI is InChI=1S/C16H17ClN2OS/c1-11-3-2-8-19(10-11)16-18-15(20)14(21-16)9-12-4-6-13(17)7-5-12/h4-7,9,11H,2-3,8,10H2,1H3/b14-9+. The van der Waals surface area contributed by atoms with Gasteiger partial charge in [0.15, 0.2) is 5.17 Å². The number of carbonyl (C=O) groups is 1. The maximum atomic E-state index is 12.1.